The lowest BCUT2D eigenvalue weighted by molar-refractivity contribution is 0.0860. The summed E-state index contributed by atoms with van der Waals surface area (Å²) in [6.07, 6.45) is 4.26. The fourth-order valence-corrected chi connectivity index (χ4v) is 2.83. The van der Waals surface area contributed by atoms with Crippen molar-refractivity contribution in [2.24, 2.45) is 0 Å². The molecule has 0 unspecified atom stereocenters. The van der Waals surface area contributed by atoms with Gasteiger partial charge in [0.25, 0.3) is 0 Å². The Balaban J connectivity index is 1.76. The quantitative estimate of drug-likeness (QED) is 0.812. The van der Waals surface area contributed by atoms with Crippen molar-refractivity contribution in [3.8, 4) is 0 Å². The summed E-state index contributed by atoms with van der Waals surface area (Å²) in [6, 6.07) is 1.74. The number of ether oxygens (including phenoxy) is 1. The molecule has 1 fully saturated rings. The number of hydrogen-bond donors (Lipinski definition) is 2. The van der Waals surface area contributed by atoms with Gasteiger partial charge >= 0.3 is 6.03 Å². The third-order valence-corrected chi connectivity index (χ3v) is 4.29. The minimum absolute atomic E-state index is 0.0114. The number of hydrogen-bond acceptors (Lipinski definition) is 4. The van der Waals surface area contributed by atoms with Gasteiger partial charge in [-0.05, 0) is 32.6 Å². The Morgan fingerprint density at radius 2 is 2.23 bits per heavy atom. The molecule has 0 aromatic carbocycles. The van der Waals surface area contributed by atoms with Crippen molar-refractivity contribution in [3.05, 3.63) is 17.5 Å². The van der Waals surface area contributed by atoms with Gasteiger partial charge in [0, 0.05) is 18.6 Å². The van der Waals surface area contributed by atoms with Crippen LogP contribution in [0.4, 0.5) is 4.79 Å². The van der Waals surface area contributed by atoms with Gasteiger partial charge in [-0.1, -0.05) is 19.0 Å². The largest absolute Gasteiger partial charge is 0.376 e. The molecule has 2 N–H and O–H groups in total. The maximum absolute atomic E-state index is 11.9. The molecule has 124 valence electrons. The van der Waals surface area contributed by atoms with Crippen LogP contribution in [0.15, 0.2) is 10.6 Å². The molecule has 0 radical (unpaired) electrons. The van der Waals surface area contributed by atoms with Crippen LogP contribution in [-0.4, -0.2) is 29.9 Å². The molecule has 0 aliphatic carbocycles. The smallest absolute Gasteiger partial charge is 0.315 e. The van der Waals surface area contributed by atoms with E-state index in [-0.39, 0.29) is 18.2 Å². The highest BCUT2D eigenvalue weighted by molar-refractivity contribution is 5.74. The van der Waals surface area contributed by atoms with Crippen LogP contribution >= 0.6 is 0 Å². The average Bonchev–Trinajstić information content (AvgIpc) is 3.18. The summed E-state index contributed by atoms with van der Waals surface area (Å²) in [5, 5.41) is 9.80. The van der Waals surface area contributed by atoms with E-state index in [0.29, 0.717) is 18.2 Å². The minimum atomic E-state index is -0.205. The van der Waals surface area contributed by atoms with Gasteiger partial charge in [-0.25, -0.2) is 4.79 Å². The van der Waals surface area contributed by atoms with Crippen molar-refractivity contribution in [3.63, 3.8) is 0 Å². The molecule has 6 nitrogen and oxygen atoms in total. The number of amides is 2. The summed E-state index contributed by atoms with van der Waals surface area (Å²) in [5.41, 5.74) is 0.968. The number of rotatable bonds is 7. The zero-order chi connectivity index (χ0) is 15.9. The Bertz CT molecular complexity index is 465. The Kier molecular flexibility index (Phi) is 6.24. The molecule has 1 aliphatic rings. The Morgan fingerprint density at radius 3 is 2.86 bits per heavy atom. The zero-order valence-electron chi connectivity index (χ0n) is 13.7. The lowest BCUT2D eigenvalue weighted by Gasteiger charge is -2.19. The van der Waals surface area contributed by atoms with Crippen molar-refractivity contribution in [1.29, 1.82) is 0 Å². The highest BCUT2D eigenvalue weighted by atomic mass is 16.5. The molecule has 0 saturated carbocycles. The first-order chi connectivity index (χ1) is 10.6. The van der Waals surface area contributed by atoms with E-state index < -0.39 is 0 Å². The minimum Gasteiger partial charge on any atom is -0.376 e. The fourth-order valence-electron chi connectivity index (χ4n) is 2.83. The summed E-state index contributed by atoms with van der Waals surface area (Å²) < 4.78 is 10.8. The molecule has 6 heteroatoms. The molecule has 2 rings (SSSR count). The van der Waals surface area contributed by atoms with Crippen molar-refractivity contribution in [2.75, 3.05) is 6.61 Å². The molecule has 1 aromatic rings. The molecule has 22 heavy (non-hydrogen) atoms. The van der Waals surface area contributed by atoms with E-state index in [0.717, 1.165) is 38.0 Å². The predicted octanol–water partition coefficient (Wildman–Crippen LogP) is 2.94. The molecule has 2 atom stereocenters. The molecule has 1 aliphatic heterocycles. The van der Waals surface area contributed by atoms with E-state index in [1.54, 1.807) is 0 Å². The maximum Gasteiger partial charge on any atom is 0.315 e. The monoisotopic (exact) mass is 309 g/mol. The van der Waals surface area contributed by atoms with Crippen molar-refractivity contribution in [1.82, 2.24) is 15.8 Å². The SMILES string of the molecule is CCC(CC)c1cc(CNC(=O)N[C@H](C)[C@H]2CCCO2)on1. The number of nitrogens with zero attached hydrogens (tertiary/aromatic N) is 1. The number of carbonyl (C=O) groups excluding carboxylic acids is 1. The molecule has 2 amide bonds. The van der Waals surface area contributed by atoms with Crippen molar-refractivity contribution >= 4 is 6.03 Å². The van der Waals surface area contributed by atoms with Gasteiger partial charge in [0.15, 0.2) is 5.76 Å². The molecular formula is C16H27N3O3. The van der Waals surface area contributed by atoms with Crippen LogP contribution in [0.3, 0.4) is 0 Å². The van der Waals surface area contributed by atoms with Gasteiger partial charge in [-0.15, -0.1) is 0 Å². The Hall–Kier alpha value is -1.56. The van der Waals surface area contributed by atoms with Crippen LogP contribution in [0.1, 0.15) is 63.8 Å². The van der Waals surface area contributed by atoms with Gasteiger partial charge in [0.2, 0.25) is 0 Å². The molecule has 1 saturated heterocycles. The van der Waals surface area contributed by atoms with E-state index >= 15 is 0 Å². The zero-order valence-corrected chi connectivity index (χ0v) is 13.7. The fraction of sp³-hybridized carbons (Fsp3) is 0.750. The maximum atomic E-state index is 11.9. The third-order valence-electron chi connectivity index (χ3n) is 4.29. The predicted molar refractivity (Wildman–Crippen MR) is 83.6 cm³/mol. The second-order valence-electron chi connectivity index (χ2n) is 5.90. The second-order valence-corrected chi connectivity index (χ2v) is 5.90. The summed E-state index contributed by atoms with van der Waals surface area (Å²) in [7, 11) is 0. The van der Waals surface area contributed by atoms with E-state index in [1.165, 1.54) is 0 Å². The topological polar surface area (TPSA) is 76.4 Å². The second kappa shape index (κ2) is 8.17. The van der Waals surface area contributed by atoms with Crippen molar-refractivity contribution in [2.45, 2.75) is 71.1 Å². The van der Waals surface area contributed by atoms with E-state index in [2.05, 4.69) is 29.6 Å². The van der Waals surface area contributed by atoms with Crippen LogP contribution < -0.4 is 10.6 Å². The number of urea groups is 1. The van der Waals surface area contributed by atoms with E-state index in [4.69, 9.17) is 9.26 Å². The summed E-state index contributed by atoms with van der Waals surface area (Å²) in [4.78, 5) is 11.9. The standard InChI is InChI=1S/C16H27N3O3/c1-4-12(5-2)14-9-13(22-19-14)10-17-16(20)18-11(3)15-7-6-8-21-15/h9,11-12,15H,4-8,10H2,1-3H3,(H2,17,18,20)/t11-,15-/m1/s1. The van der Waals surface area contributed by atoms with Gasteiger partial charge < -0.3 is 19.9 Å². The summed E-state index contributed by atoms with van der Waals surface area (Å²) in [5.74, 6) is 1.10. The summed E-state index contributed by atoms with van der Waals surface area (Å²) in [6.45, 7) is 7.38. The van der Waals surface area contributed by atoms with E-state index in [1.807, 2.05) is 13.0 Å². The molecule has 1 aromatic heterocycles. The first-order valence-corrected chi connectivity index (χ1v) is 8.25. The summed E-state index contributed by atoms with van der Waals surface area (Å²) >= 11 is 0. The highest BCUT2D eigenvalue weighted by Crippen LogP contribution is 2.22. The number of aromatic nitrogens is 1. The van der Waals surface area contributed by atoms with Gasteiger partial charge in [0.1, 0.15) is 0 Å². The Labute approximate surface area is 132 Å². The van der Waals surface area contributed by atoms with Gasteiger partial charge in [-0.3, -0.25) is 0 Å². The van der Waals surface area contributed by atoms with Gasteiger partial charge in [0.05, 0.1) is 24.4 Å². The number of nitrogens with one attached hydrogen (secondary N) is 2. The van der Waals surface area contributed by atoms with Gasteiger partial charge in [-0.2, -0.15) is 0 Å². The number of carbonyl (C=O) groups is 1. The molecular weight excluding hydrogens is 282 g/mol. The normalized spacial score (nSPS) is 19.4. The van der Waals surface area contributed by atoms with Crippen molar-refractivity contribution < 1.29 is 14.1 Å². The molecule has 0 bridgehead atoms. The first-order valence-electron chi connectivity index (χ1n) is 8.25. The first kappa shape index (κ1) is 16.8. The highest BCUT2D eigenvalue weighted by Gasteiger charge is 2.23. The Morgan fingerprint density at radius 1 is 1.45 bits per heavy atom. The molecule has 0 spiro atoms. The lowest BCUT2D eigenvalue weighted by atomic mass is 9.99. The van der Waals surface area contributed by atoms with Crippen LogP contribution in [0.25, 0.3) is 0 Å². The van der Waals surface area contributed by atoms with Crippen LogP contribution in [0.5, 0.6) is 0 Å². The molecule has 2 heterocycles. The van der Waals surface area contributed by atoms with Crippen LogP contribution in [-0.2, 0) is 11.3 Å². The lowest BCUT2D eigenvalue weighted by Crippen LogP contribution is -2.45. The van der Waals surface area contributed by atoms with Crippen LogP contribution in [0, 0.1) is 0 Å². The average molecular weight is 309 g/mol. The van der Waals surface area contributed by atoms with E-state index in [9.17, 15) is 4.79 Å². The third kappa shape index (κ3) is 4.47. The van der Waals surface area contributed by atoms with Crippen LogP contribution in [0.2, 0.25) is 0 Å².